The van der Waals surface area contributed by atoms with Crippen LogP contribution < -0.4 is 0 Å². The predicted molar refractivity (Wildman–Crippen MR) is 58.2 cm³/mol. The molecule has 0 saturated carbocycles. The molecule has 0 spiro atoms. The molecular weight excluding hydrogens is 180 g/mol. The summed E-state index contributed by atoms with van der Waals surface area (Å²) in [6.45, 7) is 2.00. The zero-order valence-corrected chi connectivity index (χ0v) is 8.97. The molecule has 13 heavy (non-hydrogen) atoms. The highest BCUT2D eigenvalue weighted by Gasteiger charge is 2.01. The molecular formula is C11H16OS. The first kappa shape index (κ1) is 10.6. The van der Waals surface area contributed by atoms with Crippen molar-refractivity contribution < 1.29 is 5.11 Å². The Bertz CT molecular complexity index is 243. The van der Waals surface area contributed by atoms with Gasteiger partial charge in [0.2, 0.25) is 0 Å². The first-order chi connectivity index (χ1) is 6.26. The van der Waals surface area contributed by atoms with E-state index in [1.807, 2.05) is 6.92 Å². The molecule has 0 aromatic heterocycles. The van der Waals surface area contributed by atoms with Crippen molar-refractivity contribution >= 4 is 11.8 Å². The lowest BCUT2D eigenvalue weighted by Crippen LogP contribution is -2.07. The Kier molecular flexibility index (Phi) is 4.33. The average Bonchev–Trinajstić information content (AvgIpc) is 2.19. The van der Waals surface area contributed by atoms with Crippen molar-refractivity contribution in [3.05, 3.63) is 29.8 Å². The largest absolute Gasteiger partial charge is 0.393 e. The minimum absolute atomic E-state index is 0.194. The molecule has 2 heteroatoms. The quantitative estimate of drug-likeness (QED) is 0.747. The van der Waals surface area contributed by atoms with Crippen molar-refractivity contribution in [2.24, 2.45) is 0 Å². The van der Waals surface area contributed by atoms with Crippen molar-refractivity contribution in [1.82, 2.24) is 0 Å². The minimum atomic E-state index is -0.194. The van der Waals surface area contributed by atoms with Crippen LogP contribution in [-0.2, 0) is 6.42 Å². The SMILES string of the molecule is CCC(O)Cc1ccc(SC)cc1. The number of aliphatic hydroxyl groups is 1. The fourth-order valence-corrected chi connectivity index (χ4v) is 1.59. The molecule has 0 radical (unpaired) electrons. The summed E-state index contributed by atoms with van der Waals surface area (Å²) in [6, 6.07) is 8.38. The van der Waals surface area contributed by atoms with Gasteiger partial charge in [0.05, 0.1) is 6.10 Å². The van der Waals surface area contributed by atoms with E-state index in [2.05, 4.69) is 30.5 Å². The van der Waals surface area contributed by atoms with Gasteiger partial charge in [0.1, 0.15) is 0 Å². The topological polar surface area (TPSA) is 20.2 Å². The van der Waals surface area contributed by atoms with Crippen LogP contribution in [0.4, 0.5) is 0 Å². The monoisotopic (exact) mass is 196 g/mol. The standard InChI is InChI=1S/C11H16OS/c1-3-10(12)8-9-4-6-11(13-2)7-5-9/h4-7,10,12H,3,8H2,1-2H3. The molecule has 0 fully saturated rings. The fourth-order valence-electron chi connectivity index (χ4n) is 1.18. The molecule has 1 aromatic carbocycles. The summed E-state index contributed by atoms with van der Waals surface area (Å²) in [5.74, 6) is 0. The fraction of sp³-hybridized carbons (Fsp3) is 0.455. The molecule has 0 heterocycles. The van der Waals surface area contributed by atoms with Gasteiger partial charge in [-0.3, -0.25) is 0 Å². The molecule has 1 N–H and O–H groups in total. The van der Waals surface area contributed by atoms with Crippen LogP contribution in [-0.4, -0.2) is 17.5 Å². The summed E-state index contributed by atoms with van der Waals surface area (Å²) in [7, 11) is 0. The van der Waals surface area contributed by atoms with Gasteiger partial charge < -0.3 is 5.11 Å². The summed E-state index contributed by atoms with van der Waals surface area (Å²) in [4.78, 5) is 1.27. The number of aliphatic hydroxyl groups excluding tert-OH is 1. The van der Waals surface area contributed by atoms with Crippen molar-refractivity contribution in [2.75, 3.05) is 6.26 Å². The molecule has 0 amide bonds. The second-order valence-electron chi connectivity index (χ2n) is 3.11. The Morgan fingerprint density at radius 1 is 1.31 bits per heavy atom. The van der Waals surface area contributed by atoms with Crippen molar-refractivity contribution in [3.63, 3.8) is 0 Å². The molecule has 72 valence electrons. The van der Waals surface area contributed by atoms with Crippen LogP contribution in [0.25, 0.3) is 0 Å². The van der Waals surface area contributed by atoms with E-state index in [-0.39, 0.29) is 6.10 Å². The number of hydrogen-bond donors (Lipinski definition) is 1. The van der Waals surface area contributed by atoms with Crippen LogP contribution in [0, 0.1) is 0 Å². The smallest absolute Gasteiger partial charge is 0.0577 e. The Balaban J connectivity index is 2.58. The zero-order chi connectivity index (χ0) is 9.68. The molecule has 1 unspecified atom stereocenters. The molecule has 0 aliphatic rings. The Labute approximate surface area is 84.2 Å². The minimum Gasteiger partial charge on any atom is -0.393 e. The number of rotatable bonds is 4. The van der Waals surface area contributed by atoms with E-state index >= 15 is 0 Å². The Morgan fingerprint density at radius 3 is 2.38 bits per heavy atom. The van der Waals surface area contributed by atoms with Gasteiger partial charge in [-0.2, -0.15) is 0 Å². The van der Waals surface area contributed by atoms with Crippen molar-refractivity contribution in [1.29, 1.82) is 0 Å². The van der Waals surface area contributed by atoms with Crippen molar-refractivity contribution in [3.8, 4) is 0 Å². The molecule has 1 atom stereocenters. The summed E-state index contributed by atoms with van der Waals surface area (Å²) in [5, 5.41) is 9.43. The number of thioether (sulfide) groups is 1. The maximum absolute atomic E-state index is 9.43. The van der Waals surface area contributed by atoms with Crippen LogP contribution >= 0.6 is 11.8 Å². The second kappa shape index (κ2) is 5.30. The molecule has 0 saturated heterocycles. The first-order valence-electron chi connectivity index (χ1n) is 4.57. The van der Waals surface area contributed by atoms with E-state index in [1.165, 1.54) is 10.5 Å². The predicted octanol–water partition coefficient (Wildman–Crippen LogP) is 2.72. The zero-order valence-electron chi connectivity index (χ0n) is 8.16. The van der Waals surface area contributed by atoms with E-state index < -0.39 is 0 Å². The Hall–Kier alpha value is -0.470. The third kappa shape index (κ3) is 3.41. The lowest BCUT2D eigenvalue weighted by atomic mass is 10.1. The highest BCUT2D eigenvalue weighted by Crippen LogP contribution is 2.15. The third-order valence-corrected chi connectivity index (χ3v) is 2.85. The van der Waals surface area contributed by atoms with Crippen molar-refractivity contribution in [2.45, 2.75) is 30.8 Å². The lowest BCUT2D eigenvalue weighted by Gasteiger charge is -2.07. The number of benzene rings is 1. The Morgan fingerprint density at radius 2 is 1.92 bits per heavy atom. The highest BCUT2D eigenvalue weighted by atomic mass is 32.2. The van der Waals surface area contributed by atoms with E-state index in [1.54, 1.807) is 11.8 Å². The molecule has 0 aliphatic carbocycles. The van der Waals surface area contributed by atoms with Crippen LogP contribution in [0.5, 0.6) is 0 Å². The van der Waals surface area contributed by atoms with Gasteiger partial charge in [0, 0.05) is 4.90 Å². The molecule has 1 rings (SSSR count). The highest BCUT2D eigenvalue weighted by molar-refractivity contribution is 7.98. The van der Waals surface area contributed by atoms with E-state index in [9.17, 15) is 5.11 Å². The normalized spacial score (nSPS) is 12.8. The van der Waals surface area contributed by atoms with Gasteiger partial charge >= 0.3 is 0 Å². The molecule has 0 bridgehead atoms. The van der Waals surface area contributed by atoms with E-state index in [0.29, 0.717) is 0 Å². The van der Waals surface area contributed by atoms with Gasteiger partial charge in [-0.25, -0.2) is 0 Å². The average molecular weight is 196 g/mol. The molecule has 0 aliphatic heterocycles. The van der Waals surface area contributed by atoms with E-state index in [4.69, 9.17) is 0 Å². The summed E-state index contributed by atoms with van der Waals surface area (Å²) in [6.07, 6.45) is 3.46. The van der Waals surface area contributed by atoms with Crippen LogP contribution in [0.2, 0.25) is 0 Å². The van der Waals surface area contributed by atoms with Crippen LogP contribution in [0.1, 0.15) is 18.9 Å². The lowest BCUT2D eigenvalue weighted by molar-refractivity contribution is 0.171. The maximum Gasteiger partial charge on any atom is 0.0577 e. The summed E-state index contributed by atoms with van der Waals surface area (Å²) in [5.41, 5.74) is 1.21. The summed E-state index contributed by atoms with van der Waals surface area (Å²) >= 11 is 1.74. The first-order valence-corrected chi connectivity index (χ1v) is 5.79. The molecule has 1 aromatic rings. The summed E-state index contributed by atoms with van der Waals surface area (Å²) < 4.78 is 0. The van der Waals surface area contributed by atoms with Gasteiger partial charge in [-0.15, -0.1) is 11.8 Å². The second-order valence-corrected chi connectivity index (χ2v) is 3.99. The van der Waals surface area contributed by atoms with Gasteiger partial charge in [0.25, 0.3) is 0 Å². The maximum atomic E-state index is 9.43. The van der Waals surface area contributed by atoms with Crippen LogP contribution in [0.3, 0.4) is 0 Å². The molecule has 1 nitrogen and oxygen atoms in total. The third-order valence-electron chi connectivity index (χ3n) is 2.10. The van der Waals surface area contributed by atoms with Crippen LogP contribution in [0.15, 0.2) is 29.2 Å². The van der Waals surface area contributed by atoms with Gasteiger partial charge in [-0.05, 0) is 36.8 Å². The van der Waals surface area contributed by atoms with E-state index in [0.717, 1.165) is 12.8 Å². The van der Waals surface area contributed by atoms with Gasteiger partial charge in [-0.1, -0.05) is 19.1 Å². The number of hydrogen-bond acceptors (Lipinski definition) is 2. The van der Waals surface area contributed by atoms with Gasteiger partial charge in [0.15, 0.2) is 0 Å².